The molecule has 5 nitrogen and oxygen atoms in total. The van der Waals surface area contributed by atoms with Crippen molar-refractivity contribution in [2.75, 3.05) is 0 Å². The fourth-order valence-electron chi connectivity index (χ4n) is 7.78. The molecule has 0 amide bonds. The largest absolute Gasteiger partial charge is 0.457 e. The Morgan fingerprint density at radius 3 is 2.06 bits per heavy atom. The van der Waals surface area contributed by atoms with Gasteiger partial charge >= 0.3 is 0 Å². The van der Waals surface area contributed by atoms with Crippen molar-refractivity contribution >= 4 is 60.2 Å². The third-order valence-corrected chi connectivity index (χ3v) is 9.86. The van der Waals surface area contributed by atoms with Crippen molar-refractivity contribution in [3.05, 3.63) is 157 Å². The van der Waals surface area contributed by atoms with Gasteiger partial charge in [-0.3, -0.25) is 8.97 Å². The maximum atomic E-state index is 6.70. The normalized spacial score (nSPS) is 11.9. The first kappa shape index (κ1) is 27.6. The van der Waals surface area contributed by atoms with Gasteiger partial charge in [0.05, 0.1) is 27.6 Å². The molecule has 0 aliphatic heterocycles. The number of nitrogens with zero attached hydrogens (tertiary/aromatic N) is 4. The molecule has 0 saturated heterocycles. The zero-order chi connectivity index (χ0) is 32.6. The number of hydrogen-bond donors (Lipinski definition) is 0. The van der Waals surface area contributed by atoms with Crippen molar-refractivity contribution in [1.29, 1.82) is 0 Å². The SMILES string of the molecule is Cc1cccc(C)c1-c1cccc2c1c1ccc(Oc3ccc4c5ccccc5n(-c5ccccn5)c4c3)cc1c1nc3ccccc3n21. The summed E-state index contributed by atoms with van der Waals surface area (Å²) in [5, 5.41) is 5.74. The van der Waals surface area contributed by atoms with Crippen molar-refractivity contribution in [3.8, 4) is 28.4 Å². The van der Waals surface area contributed by atoms with Gasteiger partial charge in [-0.05, 0) is 108 Å². The molecule has 4 heterocycles. The lowest BCUT2D eigenvalue weighted by Crippen LogP contribution is -1.97. The van der Waals surface area contributed by atoms with E-state index in [4.69, 9.17) is 14.7 Å². The summed E-state index contributed by atoms with van der Waals surface area (Å²) in [5.41, 5.74) is 11.3. The highest BCUT2D eigenvalue weighted by atomic mass is 16.5. The average molecular weight is 631 g/mol. The molecule has 0 bridgehead atoms. The minimum Gasteiger partial charge on any atom is -0.457 e. The summed E-state index contributed by atoms with van der Waals surface area (Å²) < 4.78 is 11.2. The van der Waals surface area contributed by atoms with E-state index in [0.29, 0.717) is 0 Å². The fraction of sp³-hybridized carbons (Fsp3) is 0.0455. The summed E-state index contributed by atoms with van der Waals surface area (Å²) in [7, 11) is 0. The summed E-state index contributed by atoms with van der Waals surface area (Å²) in [6.07, 6.45) is 1.83. The molecule has 6 aromatic carbocycles. The molecule has 4 aromatic heterocycles. The molecule has 0 aliphatic rings. The van der Waals surface area contributed by atoms with E-state index >= 15 is 0 Å². The molecule has 0 saturated carbocycles. The van der Waals surface area contributed by atoms with Gasteiger partial charge in [-0.2, -0.15) is 0 Å². The third-order valence-electron chi connectivity index (χ3n) is 9.86. The zero-order valence-electron chi connectivity index (χ0n) is 27.1. The van der Waals surface area contributed by atoms with Gasteiger partial charge in [0.1, 0.15) is 23.0 Å². The number of hydrogen-bond acceptors (Lipinski definition) is 3. The van der Waals surface area contributed by atoms with Crippen LogP contribution < -0.4 is 4.74 Å². The minimum atomic E-state index is 0.755. The molecule has 0 N–H and O–H groups in total. The smallest absolute Gasteiger partial charge is 0.146 e. The molecular formula is C44H30N4O. The van der Waals surface area contributed by atoms with Crippen LogP contribution in [0.4, 0.5) is 0 Å². The topological polar surface area (TPSA) is 44.3 Å². The molecule has 10 rings (SSSR count). The van der Waals surface area contributed by atoms with Crippen LogP contribution in [0.5, 0.6) is 11.5 Å². The first-order valence-corrected chi connectivity index (χ1v) is 16.6. The second-order valence-electron chi connectivity index (χ2n) is 12.8. The van der Waals surface area contributed by atoms with Gasteiger partial charge < -0.3 is 4.74 Å². The molecule has 10 aromatic rings. The van der Waals surface area contributed by atoms with Crippen LogP contribution in [0.1, 0.15) is 11.1 Å². The van der Waals surface area contributed by atoms with Crippen LogP contribution in [0.3, 0.4) is 0 Å². The van der Waals surface area contributed by atoms with Crippen LogP contribution in [-0.2, 0) is 0 Å². The lowest BCUT2D eigenvalue weighted by molar-refractivity contribution is 0.484. The monoisotopic (exact) mass is 630 g/mol. The summed E-state index contributed by atoms with van der Waals surface area (Å²) in [5.74, 6) is 2.38. The number of fused-ring (bicyclic) bond motifs is 11. The van der Waals surface area contributed by atoms with E-state index in [1.165, 1.54) is 33.0 Å². The van der Waals surface area contributed by atoms with Gasteiger partial charge in [-0.1, -0.05) is 66.7 Å². The van der Waals surface area contributed by atoms with Gasteiger partial charge in [-0.25, -0.2) is 9.97 Å². The van der Waals surface area contributed by atoms with Crippen molar-refractivity contribution in [3.63, 3.8) is 0 Å². The van der Waals surface area contributed by atoms with Crippen molar-refractivity contribution in [2.24, 2.45) is 0 Å². The molecule has 5 heteroatoms. The molecule has 0 atom stereocenters. The number of aromatic nitrogens is 4. The highest BCUT2D eigenvalue weighted by molar-refractivity contribution is 6.19. The van der Waals surface area contributed by atoms with Gasteiger partial charge in [0.25, 0.3) is 0 Å². The molecule has 0 fully saturated rings. The first-order valence-electron chi connectivity index (χ1n) is 16.6. The Morgan fingerprint density at radius 2 is 1.22 bits per heavy atom. The minimum absolute atomic E-state index is 0.755. The summed E-state index contributed by atoms with van der Waals surface area (Å²) in [6.45, 7) is 4.40. The Hall–Kier alpha value is -6.46. The van der Waals surface area contributed by atoms with Gasteiger partial charge in [0, 0.05) is 33.8 Å². The number of imidazole rings is 1. The predicted molar refractivity (Wildman–Crippen MR) is 201 cm³/mol. The van der Waals surface area contributed by atoms with Crippen LogP contribution in [0.25, 0.3) is 77.1 Å². The average Bonchev–Trinajstić information content (AvgIpc) is 3.68. The maximum Gasteiger partial charge on any atom is 0.146 e. The second-order valence-corrected chi connectivity index (χ2v) is 12.8. The number of aryl methyl sites for hydroxylation is 2. The number of ether oxygens (including phenoxy) is 1. The second kappa shape index (κ2) is 10.5. The van der Waals surface area contributed by atoms with E-state index in [1.54, 1.807) is 0 Å². The van der Waals surface area contributed by atoms with E-state index in [-0.39, 0.29) is 0 Å². The van der Waals surface area contributed by atoms with Crippen LogP contribution in [0.2, 0.25) is 0 Å². The lowest BCUT2D eigenvalue weighted by Gasteiger charge is -2.17. The number of para-hydroxylation sites is 3. The standard InChI is InChI=1S/C44H30N4O/c1-27-11-9-12-28(2)42(27)34-14-10-18-39-43(34)33-23-21-29(25-35(33)44-46-36-15-4-6-17-38(36)48(39)44)49-30-20-22-32-31-13-3-5-16-37(31)47(40(32)26-30)41-19-7-8-24-45-41/h3-26H,1-2H3. The van der Waals surface area contributed by atoms with Gasteiger partial charge in [-0.15, -0.1) is 0 Å². The molecular weight excluding hydrogens is 601 g/mol. The summed E-state index contributed by atoms with van der Waals surface area (Å²) >= 11 is 0. The summed E-state index contributed by atoms with van der Waals surface area (Å²) in [6, 6.07) is 48.8. The van der Waals surface area contributed by atoms with E-state index in [1.807, 2.05) is 24.4 Å². The Kier molecular flexibility index (Phi) is 5.94. The van der Waals surface area contributed by atoms with Crippen LogP contribution in [0, 0.1) is 13.8 Å². The Morgan fingerprint density at radius 1 is 0.531 bits per heavy atom. The number of rotatable bonds is 4. The van der Waals surface area contributed by atoms with Crippen molar-refractivity contribution < 1.29 is 4.74 Å². The van der Waals surface area contributed by atoms with Crippen LogP contribution >= 0.6 is 0 Å². The predicted octanol–water partition coefficient (Wildman–Crippen LogP) is 11.4. The Bertz CT molecular complexity index is 2920. The highest BCUT2D eigenvalue weighted by Gasteiger charge is 2.19. The lowest BCUT2D eigenvalue weighted by atomic mass is 9.91. The molecule has 0 radical (unpaired) electrons. The Labute approximate surface area is 282 Å². The number of benzene rings is 6. The summed E-state index contributed by atoms with van der Waals surface area (Å²) in [4.78, 5) is 9.88. The van der Waals surface area contributed by atoms with Crippen LogP contribution in [-0.4, -0.2) is 18.9 Å². The van der Waals surface area contributed by atoms with Crippen LogP contribution in [0.15, 0.2) is 146 Å². The van der Waals surface area contributed by atoms with Crippen molar-refractivity contribution in [2.45, 2.75) is 13.8 Å². The molecule has 232 valence electrons. The molecule has 0 unspecified atom stereocenters. The highest BCUT2D eigenvalue weighted by Crippen LogP contribution is 2.42. The fourth-order valence-corrected chi connectivity index (χ4v) is 7.78. The van der Waals surface area contributed by atoms with Crippen molar-refractivity contribution in [1.82, 2.24) is 18.9 Å². The number of pyridine rings is 2. The molecule has 49 heavy (non-hydrogen) atoms. The molecule has 0 spiro atoms. The van der Waals surface area contributed by atoms with Gasteiger partial charge in [0.15, 0.2) is 0 Å². The van der Waals surface area contributed by atoms with E-state index in [9.17, 15) is 0 Å². The quantitative estimate of drug-likeness (QED) is 0.182. The maximum absolute atomic E-state index is 6.70. The molecule has 0 aliphatic carbocycles. The third kappa shape index (κ3) is 4.12. The van der Waals surface area contributed by atoms with E-state index in [2.05, 4.69) is 144 Å². The first-order chi connectivity index (χ1) is 24.1. The van der Waals surface area contributed by atoms with E-state index < -0.39 is 0 Å². The van der Waals surface area contributed by atoms with Gasteiger partial charge in [0.2, 0.25) is 0 Å². The zero-order valence-corrected chi connectivity index (χ0v) is 27.1. The van der Waals surface area contributed by atoms with E-state index in [0.717, 1.165) is 66.7 Å². The Balaban J connectivity index is 1.21.